The highest BCUT2D eigenvalue weighted by molar-refractivity contribution is 6.31. The Balaban J connectivity index is 2.50. The Morgan fingerprint density at radius 3 is 2.29 bits per heavy atom. The second-order valence-electron chi connectivity index (χ2n) is 2.71. The van der Waals surface area contributed by atoms with Crippen molar-refractivity contribution in [3.8, 4) is 11.3 Å². The fourth-order valence-corrected chi connectivity index (χ4v) is 1.24. The van der Waals surface area contributed by atoms with Crippen molar-refractivity contribution in [2.75, 3.05) is 0 Å². The number of hydrogen-bond donors (Lipinski definition) is 0. The number of aryl methyl sites for hydroxylation is 1. The van der Waals surface area contributed by atoms with Gasteiger partial charge in [-0.1, -0.05) is 11.6 Å². The third-order valence-corrected chi connectivity index (χ3v) is 1.98. The maximum absolute atomic E-state index is 5.87. The molecule has 0 bridgehead atoms. The van der Waals surface area contributed by atoms with Crippen molar-refractivity contribution in [3.63, 3.8) is 0 Å². The second kappa shape index (κ2) is 3.67. The van der Waals surface area contributed by atoms with Crippen molar-refractivity contribution in [1.29, 1.82) is 0 Å². The van der Waals surface area contributed by atoms with Crippen LogP contribution >= 0.6 is 11.6 Å². The van der Waals surface area contributed by atoms with Gasteiger partial charge in [0.15, 0.2) is 5.15 Å². The molecule has 0 aliphatic heterocycles. The summed E-state index contributed by atoms with van der Waals surface area (Å²) in [6, 6.07) is 0. The summed E-state index contributed by atoms with van der Waals surface area (Å²) in [5.41, 5.74) is 1.38. The number of hydrogen-bond acceptors (Lipinski definition) is 4. The molecule has 2 rings (SSSR count). The Bertz CT molecular complexity index is 441. The van der Waals surface area contributed by atoms with Crippen LogP contribution in [0.4, 0.5) is 0 Å². The molecule has 0 N–H and O–H groups in total. The third kappa shape index (κ3) is 1.70. The standard InChI is InChI=1S/C9H7ClN4/c1-6-13-4-7(5-14-6)8-9(10)12-3-2-11-8/h2-5H,1H3. The number of rotatable bonds is 1. The molecule has 0 spiro atoms. The summed E-state index contributed by atoms with van der Waals surface area (Å²) in [7, 11) is 0. The SMILES string of the molecule is Cc1ncc(-c2nccnc2Cl)cn1. The highest BCUT2D eigenvalue weighted by atomic mass is 35.5. The van der Waals surface area contributed by atoms with Gasteiger partial charge in [0.2, 0.25) is 0 Å². The topological polar surface area (TPSA) is 51.6 Å². The van der Waals surface area contributed by atoms with E-state index in [4.69, 9.17) is 11.6 Å². The molecule has 0 atom stereocenters. The molecule has 0 aliphatic carbocycles. The van der Waals surface area contributed by atoms with Crippen molar-refractivity contribution >= 4 is 11.6 Å². The van der Waals surface area contributed by atoms with Gasteiger partial charge in [-0.15, -0.1) is 0 Å². The lowest BCUT2D eigenvalue weighted by Crippen LogP contribution is -1.91. The van der Waals surface area contributed by atoms with E-state index in [1.165, 1.54) is 0 Å². The van der Waals surface area contributed by atoms with Crippen molar-refractivity contribution in [2.45, 2.75) is 6.92 Å². The first-order valence-electron chi connectivity index (χ1n) is 4.03. The minimum atomic E-state index is 0.361. The number of nitrogens with zero attached hydrogens (tertiary/aromatic N) is 4. The molecule has 2 heterocycles. The molecule has 2 aromatic heterocycles. The van der Waals surface area contributed by atoms with E-state index in [0.29, 0.717) is 16.7 Å². The highest BCUT2D eigenvalue weighted by Gasteiger charge is 2.05. The lowest BCUT2D eigenvalue weighted by molar-refractivity contribution is 1.05. The van der Waals surface area contributed by atoms with Crippen LogP contribution in [0.3, 0.4) is 0 Å². The van der Waals surface area contributed by atoms with Gasteiger partial charge < -0.3 is 0 Å². The molecular weight excluding hydrogens is 200 g/mol. The fraction of sp³-hybridized carbons (Fsp3) is 0.111. The predicted molar refractivity (Wildman–Crippen MR) is 52.8 cm³/mol. The van der Waals surface area contributed by atoms with Gasteiger partial charge in [0, 0.05) is 30.4 Å². The minimum Gasteiger partial charge on any atom is -0.251 e. The van der Waals surface area contributed by atoms with Crippen molar-refractivity contribution < 1.29 is 0 Å². The molecule has 0 aromatic carbocycles. The highest BCUT2D eigenvalue weighted by Crippen LogP contribution is 2.21. The summed E-state index contributed by atoms with van der Waals surface area (Å²) in [6.07, 6.45) is 6.48. The lowest BCUT2D eigenvalue weighted by atomic mass is 10.2. The van der Waals surface area contributed by atoms with Gasteiger partial charge in [0.1, 0.15) is 11.5 Å². The van der Waals surface area contributed by atoms with Gasteiger partial charge in [0.25, 0.3) is 0 Å². The average Bonchev–Trinajstić information content (AvgIpc) is 2.20. The number of aromatic nitrogens is 4. The van der Waals surface area contributed by atoms with Crippen LogP contribution in [-0.2, 0) is 0 Å². The molecule has 0 unspecified atom stereocenters. The fourth-order valence-electron chi connectivity index (χ4n) is 1.03. The van der Waals surface area contributed by atoms with Crippen molar-refractivity contribution in [3.05, 3.63) is 35.8 Å². The predicted octanol–water partition coefficient (Wildman–Crippen LogP) is 1.90. The van der Waals surface area contributed by atoms with Gasteiger partial charge in [0.05, 0.1) is 0 Å². The summed E-state index contributed by atoms with van der Waals surface area (Å²) in [4.78, 5) is 16.1. The summed E-state index contributed by atoms with van der Waals surface area (Å²) in [5.74, 6) is 0.716. The van der Waals surface area contributed by atoms with Crippen LogP contribution in [0, 0.1) is 6.92 Å². The van der Waals surface area contributed by atoms with Crippen LogP contribution in [0.15, 0.2) is 24.8 Å². The molecule has 5 heteroatoms. The zero-order valence-electron chi connectivity index (χ0n) is 7.48. The first-order valence-corrected chi connectivity index (χ1v) is 4.40. The quantitative estimate of drug-likeness (QED) is 0.715. The van der Waals surface area contributed by atoms with Crippen LogP contribution < -0.4 is 0 Å². The van der Waals surface area contributed by atoms with Gasteiger partial charge >= 0.3 is 0 Å². The van der Waals surface area contributed by atoms with Gasteiger partial charge in [-0.05, 0) is 6.92 Å². The summed E-state index contributed by atoms with van der Waals surface area (Å²) in [5, 5.41) is 0.361. The molecule has 0 fully saturated rings. The summed E-state index contributed by atoms with van der Waals surface area (Å²) in [6.45, 7) is 1.82. The van der Waals surface area contributed by atoms with Gasteiger partial charge in [-0.3, -0.25) is 4.98 Å². The molecule has 0 aliphatic rings. The first-order chi connectivity index (χ1) is 6.77. The smallest absolute Gasteiger partial charge is 0.155 e. The van der Waals surface area contributed by atoms with Crippen LogP contribution in [0.2, 0.25) is 5.15 Å². The third-order valence-electron chi connectivity index (χ3n) is 1.71. The van der Waals surface area contributed by atoms with Gasteiger partial charge in [-0.2, -0.15) is 0 Å². The molecule has 4 nitrogen and oxygen atoms in total. The maximum atomic E-state index is 5.87. The van der Waals surface area contributed by atoms with Crippen LogP contribution in [0.5, 0.6) is 0 Å². The first kappa shape index (κ1) is 9.02. The molecule has 0 amide bonds. The zero-order valence-corrected chi connectivity index (χ0v) is 8.23. The molecule has 2 aromatic rings. The number of halogens is 1. The Morgan fingerprint density at radius 2 is 1.64 bits per heavy atom. The maximum Gasteiger partial charge on any atom is 0.155 e. The van der Waals surface area contributed by atoms with E-state index < -0.39 is 0 Å². The molecule has 70 valence electrons. The largest absolute Gasteiger partial charge is 0.251 e. The average molecular weight is 207 g/mol. The van der Waals surface area contributed by atoms with Crippen LogP contribution in [0.1, 0.15) is 5.82 Å². The summed E-state index contributed by atoms with van der Waals surface area (Å²) >= 11 is 5.87. The van der Waals surface area contributed by atoms with E-state index in [2.05, 4.69) is 19.9 Å². The molecular formula is C9H7ClN4. The van der Waals surface area contributed by atoms with E-state index in [1.807, 2.05) is 6.92 Å². The molecule has 0 saturated heterocycles. The van der Waals surface area contributed by atoms with Crippen molar-refractivity contribution in [1.82, 2.24) is 19.9 Å². The second-order valence-corrected chi connectivity index (χ2v) is 3.07. The Labute approximate surface area is 86.0 Å². The minimum absolute atomic E-state index is 0.361. The van der Waals surface area contributed by atoms with Crippen LogP contribution in [-0.4, -0.2) is 19.9 Å². The van der Waals surface area contributed by atoms with E-state index in [1.54, 1.807) is 24.8 Å². The summed E-state index contributed by atoms with van der Waals surface area (Å²) < 4.78 is 0. The van der Waals surface area contributed by atoms with Crippen LogP contribution in [0.25, 0.3) is 11.3 Å². The van der Waals surface area contributed by atoms with E-state index in [0.717, 1.165) is 5.56 Å². The molecule has 0 radical (unpaired) electrons. The Hall–Kier alpha value is -1.55. The van der Waals surface area contributed by atoms with E-state index in [-0.39, 0.29) is 0 Å². The Morgan fingerprint density at radius 1 is 1.00 bits per heavy atom. The monoisotopic (exact) mass is 206 g/mol. The van der Waals surface area contributed by atoms with E-state index >= 15 is 0 Å². The molecule has 0 saturated carbocycles. The van der Waals surface area contributed by atoms with Gasteiger partial charge in [-0.25, -0.2) is 15.0 Å². The lowest BCUT2D eigenvalue weighted by Gasteiger charge is -2.00. The van der Waals surface area contributed by atoms with E-state index in [9.17, 15) is 0 Å². The zero-order chi connectivity index (χ0) is 9.97. The molecule has 14 heavy (non-hydrogen) atoms. The Kier molecular flexibility index (Phi) is 2.37. The van der Waals surface area contributed by atoms with Crippen molar-refractivity contribution in [2.24, 2.45) is 0 Å². The normalized spacial score (nSPS) is 10.1.